The third-order valence-corrected chi connectivity index (χ3v) is 2.77. The third kappa shape index (κ3) is 2.53. The summed E-state index contributed by atoms with van der Waals surface area (Å²) in [6.45, 7) is 4.67. The van der Waals surface area contributed by atoms with Gasteiger partial charge in [-0.3, -0.25) is 4.98 Å². The summed E-state index contributed by atoms with van der Waals surface area (Å²) in [6.07, 6.45) is 2.48. The van der Waals surface area contributed by atoms with Gasteiger partial charge in [-0.25, -0.2) is 4.39 Å². The van der Waals surface area contributed by atoms with Gasteiger partial charge in [0.2, 0.25) is 0 Å². The quantitative estimate of drug-likeness (QED) is 0.844. The molecular formula is C14H17FN2O. The summed E-state index contributed by atoms with van der Waals surface area (Å²) in [4.78, 5) is 4.16. The number of ether oxygens (including phenoxy) is 1. The molecule has 4 heteroatoms. The van der Waals surface area contributed by atoms with E-state index in [1.165, 1.54) is 6.07 Å². The molecule has 0 spiro atoms. The van der Waals surface area contributed by atoms with Gasteiger partial charge in [0.1, 0.15) is 5.52 Å². The largest absolute Gasteiger partial charge is 0.488 e. The Hall–Kier alpha value is -1.84. The number of hydrogen-bond acceptors (Lipinski definition) is 3. The SMILES string of the molecule is CC(C)CCOc1c(F)cc(N)c2cccnc12. The lowest BCUT2D eigenvalue weighted by atomic mass is 10.1. The first kappa shape index (κ1) is 12.6. The van der Waals surface area contributed by atoms with Gasteiger partial charge in [-0.05, 0) is 24.5 Å². The minimum Gasteiger partial charge on any atom is -0.488 e. The summed E-state index contributed by atoms with van der Waals surface area (Å²) in [6, 6.07) is 4.87. The average molecular weight is 248 g/mol. The molecular weight excluding hydrogens is 231 g/mol. The van der Waals surface area contributed by atoms with Crippen LogP contribution < -0.4 is 10.5 Å². The van der Waals surface area contributed by atoms with Gasteiger partial charge < -0.3 is 10.5 Å². The minimum absolute atomic E-state index is 0.195. The molecule has 2 rings (SSSR count). The van der Waals surface area contributed by atoms with Gasteiger partial charge in [-0.15, -0.1) is 0 Å². The Balaban J connectivity index is 2.37. The van der Waals surface area contributed by atoms with E-state index in [0.717, 1.165) is 11.8 Å². The molecule has 1 aromatic carbocycles. The Bertz CT molecular complexity index is 555. The molecule has 0 fully saturated rings. The molecule has 1 aromatic heterocycles. The zero-order chi connectivity index (χ0) is 13.1. The number of hydrogen-bond donors (Lipinski definition) is 1. The zero-order valence-corrected chi connectivity index (χ0v) is 10.6. The minimum atomic E-state index is -0.456. The predicted octanol–water partition coefficient (Wildman–Crippen LogP) is 3.38. The number of rotatable bonds is 4. The van der Waals surface area contributed by atoms with Crippen LogP contribution in [-0.2, 0) is 0 Å². The normalized spacial score (nSPS) is 11.1. The fourth-order valence-corrected chi connectivity index (χ4v) is 1.75. The third-order valence-electron chi connectivity index (χ3n) is 2.77. The highest BCUT2D eigenvalue weighted by molar-refractivity contribution is 5.94. The molecule has 18 heavy (non-hydrogen) atoms. The van der Waals surface area contributed by atoms with Gasteiger partial charge in [-0.1, -0.05) is 13.8 Å². The Labute approximate surface area is 106 Å². The van der Waals surface area contributed by atoms with Crippen LogP contribution in [0.3, 0.4) is 0 Å². The summed E-state index contributed by atoms with van der Waals surface area (Å²) >= 11 is 0. The number of nitrogen functional groups attached to an aromatic ring is 1. The Morgan fingerprint density at radius 1 is 1.44 bits per heavy atom. The van der Waals surface area contributed by atoms with Gasteiger partial charge in [0.25, 0.3) is 0 Å². The van der Waals surface area contributed by atoms with Crippen LogP contribution in [0.25, 0.3) is 10.9 Å². The van der Waals surface area contributed by atoms with Crippen LogP contribution in [0.4, 0.5) is 10.1 Å². The van der Waals surface area contributed by atoms with E-state index in [0.29, 0.717) is 23.7 Å². The van der Waals surface area contributed by atoms with Gasteiger partial charge >= 0.3 is 0 Å². The molecule has 0 saturated carbocycles. The van der Waals surface area contributed by atoms with E-state index in [-0.39, 0.29) is 5.75 Å². The van der Waals surface area contributed by atoms with E-state index in [1.54, 1.807) is 12.3 Å². The van der Waals surface area contributed by atoms with Crippen molar-refractivity contribution in [2.75, 3.05) is 12.3 Å². The molecule has 0 unspecified atom stereocenters. The summed E-state index contributed by atoms with van der Waals surface area (Å²) in [5, 5.41) is 0.721. The lowest BCUT2D eigenvalue weighted by Gasteiger charge is -2.12. The van der Waals surface area contributed by atoms with Crippen molar-refractivity contribution < 1.29 is 9.13 Å². The maximum atomic E-state index is 13.9. The summed E-state index contributed by atoms with van der Waals surface area (Å²) in [5.74, 6) is 0.254. The number of nitrogens with zero attached hydrogens (tertiary/aromatic N) is 1. The molecule has 0 aliphatic heterocycles. The van der Waals surface area contributed by atoms with E-state index in [9.17, 15) is 4.39 Å². The second-order valence-electron chi connectivity index (χ2n) is 4.71. The van der Waals surface area contributed by atoms with Crippen molar-refractivity contribution in [1.82, 2.24) is 4.98 Å². The molecule has 1 heterocycles. The van der Waals surface area contributed by atoms with Gasteiger partial charge in [0, 0.05) is 23.3 Å². The van der Waals surface area contributed by atoms with Crippen molar-refractivity contribution in [2.45, 2.75) is 20.3 Å². The zero-order valence-electron chi connectivity index (χ0n) is 10.6. The molecule has 0 bridgehead atoms. The highest BCUT2D eigenvalue weighted by Gasteiger charge is 2.13. The first-order chi connectivity index (χ1) is 8.59. The predicted molar refractivity (Wildman–Crippen MR) is 71.1 cm³/mol. The van der Waals surface area contributed by atoms with E-state index >= 15 is 0 Å². The summed E-state index contributed by atoms with van der Waals surface area (Å²) in [5.41, 5.74) is 6.63. The number of anilines is 1. The average Bonchev–Trinajstić information content (AvgIpc) is 2.33. The molecule has 2 aromatic rings. The summed E-state index contributed by atoms with van der Waals surface area (Å²) < 4.78 is 19.4. The Kier molecular flexibility index (Phi) is 3.65. The maximum Gasteiger partial charge on any atom is 0.181 e. The molecule has 0 saturated heterocycles. The molecule has 2 N–H and O–H groups in total. The fourth-order valence-electron chi connectivity index (χ4n) is 1.75. The molecule has 0 atom stereocenters. The van der Waals surface area contributed by atoms with E-state index in [1.807, 2.05) is 6.07 Å². The van der Waals surface area contributed by atoms with Crippen molar-refractivity contribution in [3.63, 3.8) is 0 Å². The lowest BCUT2D eigenvalue weighted by molar-refractivity contribution is 0.280. The maximum absolute atomic E-state index is 13.9. The first-order valence-corrected chi connectivity index (χ1v) is 6.05. The standard InChI is InChI=1S/C14H17FN2O/c1-9(2)5-7-18-14-11(15)8-12(16)10-4-3-6-17-13(10)14/h3-4,6,8-9H,5,7,16H2,1-2H3. The van der Waals surface area contributed by atoms with Crippen LogP contribution in [0.5, 0.6) is 5.75 Å². The monoisotopic (exact) mass is 248 g/mol. The first-order valence-electron chi connectivity index (χ1n) is 6.05. The second-order valence-corrected chi connectivity index (χ2v) is 4.71. The molecule has 0 aliphatic carbocycles. The van der Waals surface area contributed by atoms with Crippen LogP contribution in [0, 0.1) is 11.7 Å². The number of nitrogens with two attached hydrogens (primary N) is 1. The number of halogens is 1. The van der Waals surface area contributed by atoms with Gasteiger partial charge in [0.15, 0.2) is 11.6 Å². The molecule has 96 valence electrons. The highest BCUT2D eigenvalue weighted by atomic mass is 19.1. The van der Waals surface area contributed by atoms with Crippen molar-refractivity contribution >= 4 is 16.6 Å². The van der Waals surface area contributed by atoms with Crippen LogP contribution >= 0.6 is 0 Å². The molecule has 0 radical (unpaired) electrons. The number of aromatic nitrogens is 1. The number of benzene rings is 1. The van der Waals surface area contributed by atoms with Crippen molar-refractivity contribution in [2.24, 2.45) is 5.92 Å². The van der Waals surface area contributed by atoms with Crippen molar-refractivity contribution in [1.29, 1.82) is 0 Å². The molecule has 0 amide bonds. The lowest BCUT2D eigenvalue weighted by Crippen LogP contribution is -2.04. The Morgan fingerprint density at radius 3 is 2.94 bits per heavy atom. The molecule has 3 nitrogen and oxygen atoms in total. The van der Waals surface area contributed by atoms with Crippen LogP contribution in [0.1, 0.15) is 20.3 Å². The van der Waals surface area contributed by atoms with Crippen LogP contribution in [0.2, 0.25) is 0 Å². The van der Waals surface area contributed by atoms with Crippen molar-refractivity contribution in [3.8, 4) is 5.75 Å². The van der Waals surface area contributed by atoms with Gasteiger partial charge in [0.05, 0.1) is 6.61 Å². The number of fused-ring (bicyclic) bond motifs is 1. The topological polar surface area (TPSA) is 48.1 Å². The van der Waals surface area contributed by atoms with E-state index < -0.39 is 5.82 Å². The van der Waals surface area contributed by atoms with E-state index in [2.05, 4.69) is 18.8 Å². The molecule has 0 aliphatic rings. The van der Waals surface area contributed by atoms with Gasteiger partial charge in [-0.2, -0.15) is 0 Å². The summed E-state index contributed by atoms with van der Waals surface area (Å²) in [7, 11) is 0. The van der Waals surface area contributed by atoms with Crippen LogP contribution in [0.15, 0.2) is 24.4 Å². The smallest absolute Gasteiger partial charge is 0.181 e. The highest BCUT2D eigenvalue weighted by Crippen LogP contribution is 2.31. The second kappa shape index (κ2) is 5.21. The van der Waals surface area contributed by atoms with E-state index in [4.69, 9.17) is 10.5 Å². The van der Waals surface area contributed by atoms with Crippen molar-refractivity contribution in [3.05, 3.63) is 30.2 Å². The number of pyridine rings is 1. The Morgan fingerprint density at radius 2 is 2.22 bits per heavy atom. The fraction of sp³-hybridized carbons (Fsp3) is 0.357. The van der Waals surface area contributed by atoms with Crippen LogP contribution in [-0.4, -0.2) is 11.6 Å².